The molecule has 5 heteroatoms. The fourth-order valence-electron chi connectivity index (χ4n) is 1.37. The molecule has 2 aromatic rings. The molecule has 0 fully saturated rings. The van der Waals surface area contributed by atoms with Gasteiger partial charge in [-0.15, -0.1) is 0 Å². The van der Waals surface area contributed by atoms with Crippen LogP contribution in [0.3, 0.4) is 0 Å². The number of hydrogen-bond acceptors (Lipinski definition) is 4. The SMILES string of the molecule is CC(C)(N)CCc1nc2ncncc2[nH]1. The van der Waals surface area contributed by atoms with Gasteiger partial charge in [0, 0.05) is 12.0 Å². The van der Waals surface area contributed by atoms with Crippen LogP contribution in [0.4, 0.5) is 0 Å². The van der Waals surface area contributed by atoms with E-state index in [1.54, 1.807) is 6.20 Å². The zero-order chi connectivity index (χ0) is 10.9. The average molecular weight is 205 g/mol. The van der Waals surface area contributed by atoms with Crippen LogP contribution in [0.2, 0.25) is 0 Å². The lowest BCUT2D eigenvalue weighted by molar-refractivity contribution is 0.472. The van der Waals surface area contributed by atoms with E-state index >= 15 is 0 Å². The lowest BCUT2D eigenvalue weighted by Gasteiger charge is -2.16. The van der Waals surface area contributed by atoms with Gasteiger partial charge in [-0.3, -0.25) is 0 Å². The third-order valence-corrected chi connectivity index (χ3v) is 2.22. The van der Waals surface area contributed by atoms with Crippen LogP contribution in [0.15, 0.2) is 12.5 Å². The largest absolute Gasteiger partial charge is 0.339 e. The maximum absolute atomic E-state index is 5.91. The van der Waals surface area contributed by atoms with Crippen molar-refractivity contribution in [3.63, 3.8) is 0 Å². The molecule has 3 N–H and O–H groups in total. The molecule has 0 aliphatic carbocycles. The van der Waals surface area contributed by atoms with Gasteiger partial charge in [-0.1, -0.05) is 0 Å². The van der Waals surface area contributed by atoms with Crippen molar-refractivity contribution in [3.8, 4) is 0 Å². The van der Waals surface area contributed by atoms with Crippen LogP contribution in [0.25, 0.3) is 11.2 Å². The molecule has 2 aromatic heterocycles. The van der Waals surface area contributed by atoms with Crippen molar-refractivity contribution in [2.45, 2.75) is 32.2 Å². The molecule has 0 aliphatic heterocycles. The monoisotopic (exact) mass is 205 g/mol. The molecule has 0 aromatic carbocycles. The second-order valence-corrected chi connectivity index (χ2v) is 4.43. The molecular weight excluding hydrogens is 190 g/mol. The smallest absolute Gasteiger partial charge is 0.180 e. The number of nitrogens with one attached hydrogen (secondary N) is 1. The fourth-order valence-corrected chi connectivity index (χ4v) is 1.37. The summed E-state index contributed by atoms with van der Waals surface area (Å²) < 4.78 is 0. The first kappa shape index (κ1) is 10.0. The Morgan fingerprint density at radius 2 is 2.27 bits per heavy atom. The number of nitrogens with zero attached hydrogens (tertiary/aromatic N) is 3. The Bertz CT molecular complexity index is 421. The number of hydrogen-bond donors (Lipinski definition) is 2. The number of nitrogens with two attached hydrogens (primary N) is 1. The van der Waals surface area contributed by atoms with Crippen molar-refractivity contribution in [3.05, 3.63) is 18.3 Å². The number of aromatic nitrogens is 4. The highest BCUT2D eigenvalue weighted by atomic mass is 15.0. The Hall–Kier alpha value is -1.49. The van der Waals surface area contributed by atoms with Crippen LogP contribution in [0.1, 0.15) is 26.1 Å². The van der Waals surface area contributed by atoms with Crippen molar-refractivity contribution < 1.29 is 0 Å². The lowest BCUT2D eigenvalue weighted by atomic mass is 10.0. The summed E-state index contributed by atoms with van der Waals surface area (Å²) in [5.41, 5.74) is 7.34. The van der Waals surface area contributed by atoms with Crippen LogP contribution < -0.4 is 5.73 Å². The minimum Gasteiger partial charge on any atom is -0.339 e. The summed E-state index contributed by atoms with van der Waals surface area (Å²) >= 11 is 0. The molecule has 2 heterocycles. The molecule has 80 valence electrons. The molecule has 0 unspecified atom stereocenters. The van der Waals surface area contributed by atoms with E-state index in [4.69, 9.17) is 5.73 Å². The van der Waals surface area contributed by atoms with Gasteiger partial charge < -0.3 is 10.7 Å². The number of fused-ring (bicyclic) bond motifs is 1. The minimum atomic E-state index is -0.162. The van der Waals surface area contributed by atoms with Crippen LogP contribution >= 0.6 is 0 Å². The number of imidazole rings is 1. The van der Waals surface area contributed by atoms with Gasteiger partial charge in [-0.2, -0.15) is 0 Å². The van der Waals surface area contributed by atoms with Crippen LogP contribution in [0.5, 0.6) is 0 Å². The van der Waals surface area contributed by atoms with E-state index in [-0.39, 0.29) is 5.54 Å². The van der Waals surface area contributed by atoms with E-state index in [9.17, 15) is 0 Å². The quantitative estimate of drug-likeness (QED) is 0.784. The Kier molecular flexibility index (Phi) is 2.40. The van der Waals surface area contributed by atoms with E-state index in [0.29, 0.717) is 0 Å². The van der Waals surface area contributed by atoms with E-state index in [2.05, 4.69) is 19.9 Å². The molecule has 0 aliphatic rings. The first-order valence-corrected chi connectivity index (χ1v) is 4.98. The molecule has 15 heavy (non-hydrogen) atoms. The summed E-state index contributed by atoms with van der Waals surface area (Å²) in [5, 5.41) is 0. The highest BCUT2D eigenvalue weighted by Gasteiger charge is 2.12. The van der Waals surface area contributed by atoms with Gasteiger partial charge in [0.2, 0.25) is 0 Å². The van der Waals surface area contributed by atoms with Gasteiger partial charge in [0.05, 0.1) is 6.20 Å². The van der Waals surface area contributed by atoms with Crippen LogP contribution in [0, 0.1) is 0 Å². The molecular formula is C10H15N5. The summed E-state index contributed by atoms with van der Waals surface area (Å²) in [4.78, 5) is 15.5. The fraction of sp³-hybridized carbons (Fsp3) is 0.500. The number of rotatable bonds is 3. The van der Waals surface area contributed by atoms with Crippen molar-refractivity contribution in [1.29, 1.82) is 0 Å². The molecule has 2 rings (SSSR count). The molecule has 5 nitrogen and oxygen atoms in total. The second-order valence-electron chi connectivity index (χ2n) is 4.43. The van der Waals surface area contributed by atoms with Crippen molar-refractivity contribution >= 4 is 11.2 Å². The van der Waals surface area contributed by atoms with Crippen LogP contribution in [-0.4, -0.2) is 25.5 Å². The molecule has 0 saturated heterocycles. The van der Waals surface area contributed by atoms with E-state index in [0.717, 1.165) is 29.8 Å². The maximum atomic E-state index is 5.91. The predicted molar refractivity (Wildman–Crippen MR) is 58.3 cm³/mol. The van der Waals surface area contributed by atoms with Gasteiger partial charge in [0.15, 0.2) is 5.65 Å². The molecule has 0 atom stereocenters. The first-order chi connectivity index (χ1) is 7.04. The van der Waals surface area contributed by atoms with E-state index in [1.165, 1.54) is 6.33 Å². The predicted octanol–water partition coefficient (Wildman–Crippen LogP) is 1.02. The third-order valence-electron chi connectivity index (χ3n) is 2.22. The Morgan fingerprint density at radius 3 is 2.93 bits per heavy atom. The third kappa shape index (κ3) is 2.50. The Morgan fingerprint density at radius 1 is 1.47 bits per heavy atom. The highest BCUT2D eigenvalue weighted by Crippen LogP contribution is 2.11. The average Bonchev–Trinajstić information content (AvgIpc) is 2.56. The zero-order valence-electron chi connectivity index (χ0n) is 8.99. The van der Waals surface area contributed by atoms with Gasteiger partial charge in [0.25, 0.3) is 0 Å². The van der Waals surface area contributed by atoms with E-state index in [1.807, 2.05) is 13.8 Å². The van der Waals surface area contributed by atoms with Crippen molar-refractivity contribution in [1.82, 2.24) is 19.9 Å². The molecule has 0 amide bonds. The second kappa shape index (κ2) is 3.58. The molecule has 0 radical (unpaired) electrons. The summed E-state index contributed by atoms with van der Waals surface area (Å²) in [7, 11) is 0. The summed E-state index contributed by atoms with van der Waals surface area (Å²) in [6.45, 7) is 4.02. The Balaban J connectivity index is 2.16. The lowest BCUT2D eigenvalue weighted by Crippen LogP contribution is -2.32. The number of aryl methyl sites for hydroxylation is 1. The van der Waals surface area contributed by atoms with Gasteiger partial charge in [0.1, 0.15) is 17.7 Å². The minimum absolute atomic E-state index is 0.162. The van der Waals surface area contributed by atoms with Gasteiger partial charge in [-0.05, 0) is 20.3 Å². The van der Waals surface area contributed by atoms with Crippen molar-refractivity contribution in [2.24, 2.45) is 5.73 Å². The molecule has 0 bridgehead atoms. The summed E-state index contributed by atoms with van der Waals surface area (Å²) in [6, 6.07) is 0. The summed E-state index contributed by atoms with van der Waals surface area (Å²) in [6.07, 6.45) is 4.95. The summed E-state index contributed by atoms with van der Waals surface area (Å²) in [5.74, 6) is 0.920. The van der Waals surface area contributed by atoms with Crippen molar-refractivity contribution in [2.75, 3.05) is 0 Å². The normalized spacial score (nSPS) is 12.2. The highest BCUT2D eigenvalue weighted by molar-refractivity contribution is 5.68. The first-order valence-electron chi connectivity index (χ1n) is 4.98. The van der Waals surface area contributed by atoms with Gasteiger partial charge in [-0.25, -0.2) is 15.0 Å². The molecule has 0 spiro atoms. The molecule has 0 saturated carbocycles. The topological polar surface area (TPSA) is 80.5 Å². The standard InChI is InChI=1S/C10H15N5/c1-10(2,11)4-3-8-14-7-5-12-6-13-9(7)15-8/h5-6H,3-4,11H2,1-2H3,(H,12,13,14,15). The number of H-pyrrole nitrogens is 1. The van der Waals surface area contributed by atoms with Gasteiger partial charge >= 0.3 is 0 Å². The van der Waals surface area contributed by atoms with Crippen LogP contribution in [-0.2, 0) is 6.42 Å². The zero-order valence-corrected chi connectivity index (χ0v) is 8.99. The number of aromatic amines is 1. The Labute approximate surface area is 88.1 Å². The van der Waals surface area contributed by atoms with E-state index < -0.39 is 0 Å². The maximum Gasteiger partial charge on any atom is 0.180 e.